The predicted octanol–water partition coefficient (Wildman–Crippen LogP) is 0.955. The zero-order valence-corrected chi connectivity index (χ0v) is 12.6. The highest BCUT2D eigenvalue weighted by Crippen LogP contribution is 2.15. The molecule has 3 heterocycles. The maximum absolute atomic E-state index is 5.39. The molecule has 1 aliphatic heterocycles. The summed E-state index contributed by atoms with van der Waals surface area (Å²) < 4.78 is 7.11. The summed E-state index contributed by atoms with van der Waals surface area (Å²) in [6.45, 7) is 8.92. The van der Waals surface area contributed by atoms with Gasteiger partial charge in [-0.05, 0) is 26.3 Å². The van der Waals surface area contributed by atoms with Crippen molar-refractivity contribution in [2.75, 3.05) is 38.2 Å². The van der Waals surface area contributed by atoms with E-state index >= 15 is 0 Å². The highest BCUT2D eigenvalue weighted by Gasteiger charge is 2.16. The molecule has 2 aromatic rings. The Labute approximate surface area is 124 Å². The predicted molar refractivity (Wildman–Crippen MR) is 80.5 cm³/mol. The van der Waals surface area contributed by atoms with Crippen molar-refractivity contribution in [3.63, 3.8) is 0 Å². The van der Waals surface area contributed by atoms with Crippen LogP contribution in [0, 0.1) is 6.92 Å². The molecule has 0 aromatic carbocycles. The van der Waals surface area contributed by atoms with Crippen LogP contribution >= 0.6 is 0 Å². The van der Waals surface area contributed by atoms with Crippen LogP contribution in [-0.4, -0.2) is 63.6 Å². The SMILES string of the molecule is Cc1cc(NCCC(C)N2CCOCC2)c2nncn2n1. The van der Waals surface area contributed by atoms with E-state index in [-0.39, 0.29) is 0 Å². The van der Waals surface area contributed by atoms with Crippen molar-refractivity contribution in [2.45, 2.75) is 26.3 Å². The number of morpholine rings is 1. The minimum absolute atomic E-state index is 0.554. The number of nitrogens with one attached hydrogen (secondary N) is 1. The van der Waals surface area contributed by atoms with Gasteiger partial charge in [-0.15, -0.1) is 10.2 Å². The first-order chi connectivity index (χ1) is 10.2. The third-order valence-corrected chi connectivity index (χ3v) is 3.94. The lowest BCUT2D eigenvalue weighted by Crippen LogP contribution is -2.42. The van der Waals surface area contributed by atoms with E-state index in [2.05, 4.69) is 32.4 Å². The first-order valence-electron chi connectivity index (χ1n) is 7.47. The zero-order chi connectivity index (χ0) is 14.7. The van der Waals surface area contributed by atoms with E-state index < -0.39 is 0 Å². The molecular weight excluding hydrogens is 268 g/mol. The van der Waals surface area contributed by atoms with Gasteiger partial charge in [0.05, 0.1) is 24.6 Å². The smallest absolute Gasteiger partial charge is 0.200 e. The standard InChI is InChI=1S/C14H22N6O/c1-11-9-13(14-17-16-10-20(14)18-11)15-4-3-12(2)19-5-7-21-8-6-19/h9-10,12,15H,3-8H2,1-2H3. The Hall–Kier alpha value is -1.73. The topological polar surface area (TPSA) is 67.6 Å². The highest BCUT2D eigenvalue weighted by atomic mass is 16.5. The number of aryl methyl sites for hydroxylation is 1. The van der Waals surface area contributed by atoms with Gasteiger partial charge in [0.1, 0.15) is 6.33 Å². The molecular formula is C14H22N6O. The summed E-state index contributed by atoms with van der Waals surface area (Å²) in [5.41, 5.74) is 2.72. The maximum Gasteiger partial charge on any atom is 0.200 e. The number of hydrogen-bond acceptors (Lipinski definition) is 6. The Morgan fingerprint density at radius 1 is 1.38 bits per heavy atom. The Morgan fingerprint density at radius 2 is 2.19 bits per heavy atom. The lowest BCUT2D eigenvalue weighted by Gasteiger charge is -2.32. The summed E-state index contributed by atoms with van der Waals surface area (Å²) in [5, 5.41) is 15.8. The van der Waals surface area contributed by atoms with E-state index in [4.69, 9.17) is 4.74 Å². The van der Waals surface area contributed by atoms with Crippen molar-refractivity contribution >= 4 is 11.3 Å². The molecule has 2 aromatic heterocycles. The molecule has 0 spiro atoms. The monoisotopic (exact) mass is 290 g/mol. The summed E-state index contributed by atoms with van der Waals surface area (Å²) in [6, 6.07) is 2.57. The van der Waals surface area contributed by atoms with Crippen molar-refractivity contribution in [1.29, 1.82) is 0 Å². The number of ether oxygens (including phenoxy) is 1. The quantitative estimate of drug-likeness (QED) is 0.884. The molecule has 1 unspecified atom stereocenters. The van der Waals surface area contributed by atoms with Crippen molar-refractivity contribution in [1.82, 2.24) is 24.7 Å². The molecule has 1 fully saturated rings. The molecule has 1 atom stereocenters. The summed E-state index contributed by atoms with van der Waals surface area (Å²) in [6.07, 6.45) is 2.71. The molecule has 114 valence electrons. The lowest BCUT2D eigenvalue weighted by atomic mass is 10.2. The number of hydrogen-bond donors (Lipinski definition) is 1. The molecule has 3 rings (SSSR count). The van der Waals surface area contributed by atoms with Gasteiger partial charge in [-0.3, -0.25) is 4.90 Å². The molecule has 0 saturated carbocycles. The fourth-order valence-electron chi connectivity index (χ4n) is 2.70. The minimum atomic E-state index is 0.554. The molecule has 21 heavy (non-hydrogen) atoms. The van der Waals surface area contributed by atoms with Crippen LogP contribution in [0.5, 0.6) is 0 Å². The third kappa shape index (κ3) is 3.30. The second kappa shape index (κ2) is 6.36. The Balaban J connectivity index is 1.57. The van der Waals surface area contributed by atoms with E-state index in [9.17, 15) is 0 Å². The lowest BCUT2D eigenvalue weighted by molar-refractivity contribution is 0.0193. The molecule has 1 saturated heterocycles. The van der Waals surface area contributed by atoms with Gasteiger partial charge < -0.3 is 10.1 Å². The van der Waals surface area contributed by atoms with Crippen LogP contribution in [0.15, 0.2) is 12.4 Å². The van der Waals surface area contributed by atoms with Gasteiger partial charge in [-0.1, -0.05) is 0 Å². The van der Waals surface area contributed by atoms with Crippen molar-refractivity contribution in [3.8, 4) is 0 Å². The Morgan fingerprint density at radius 3 is 3.00 bits per heavy atom. The van der Waals surface area contributed by atoms with Gasteiger partial charge in [-0.25, -0.2) is 0 Å². The number of anilines is 1. The number of rotatable bonds is 5. The first kappa shape index (κ1) is 14.2. The molecule has 0 aliphatic carbocycles. The molecule has 7 heteroatoms. The van der Waals surface area contributed by atoms with E-state index in [0.29, 0.717) is 6.04 Å². The van der Waals surface area contributed by atoms with Crippen molar-refractivity contribution in [2.24, 2.45) is 0 Å². The number of fused-ring (bicyclic) bond motifs is 1. The van der Waals surface area contributed by atoms with Crippen LogP contribution in [0.4, 0.5) is 5.69 Å². The van der Waals surface area contributed by atoms with E-state index in [1.807, 2.05) is 13.0 Å². The average molecular weight is 290 g/mol. The normalized spacial score (nSPS) is 18.0. The molecule has 0 bridgehead atoms. The van der Waals surface area contributed by atoms with Crippen LogP contribution in [0.2, 0.25) is 0 Å². The molecule has 7 nitrogen and oxygen atoms in total. The minimum Gasteiger partial charge on any atom is -0.382 e. The molecule has 0 amide bonds. The van der Waals surface area contributed by atoms with Crippen LogP contribution in [-0.2, 0) is 4.74 Å². The van der Waals surface area contributed by atoms with Gasteiger partial charge >= 0.3 is 0 Å². The van der Waals surface area contributed by atoms with Crippen molar-refractivity contribution in [3.05, 3.63) is 18.1 Å². The summed E-state index contributed by atoms with van der Waals surface area (Å²) >= 11 is 0. The number of nitrogens with zero attached hydrogens (tertiary/aromatic N) is 5. The first-order valence-corrected chi connectivity index (χ1v) is 7.47. The highest BCUT2D eigenvalue weighted by molar-refractivity contribution is 5.66. The second-order valence-electron chi connectivity index (χ2n) is 5.51. The molecule has 1 N–H and O–H groups in total. The summed E-state index contributed by atoms with van der Waals surface area (Å²) in [4.78, 5) is 2.48. The van der Waals surface area contributed by atoms with Gasteiger partial charge in [0.2, 0.25) is 5.65 Å². The van der Waals surface area contributed by atoms with E-state index in [1.54, 1.807) is 10.8 Å². The number of aromatic nitrogens is 4. The second-order valence-corrected chi connectivity index (χ2v) is 5.51. The molecule has 1 aliphatic rings. The van der Waals surface area contributed by atoms with Crippen LogP contribution in [0.3, 0.4) is 0 Å². The Bertz CT molecular complexity index is 592. The van der Waals surface area contributed by atoms with E-state index in [0.717, 1.165) is 56.3 Å². The van der Waals surface area contributed by atoms with E-state index in [1.165, 1.54) is 0 Å². The van der Waals surface area contributed by atoms with Gasteiger partial charge in [0, 0.05) is 25.7 Å². The van der Waals surface area contributed by atoms with Crippen LogP contribution in [0.25, 0.3) is 5.65 Å². The van der Waals surface area contributed by atoms with Crippen LogP contribution in [0.1, 0.15) is 19.0 Å². The zero-order valence-electron chi connectivity index (χ0n) is 12.6. The fraction of sp³-hybridized carbons (Fsp3) is 0.643. The van der Waals surface area contributed by atoms with Crippen LogP contribution < -0.4 is 5.32 Å². The van der Waals surface area contributed by atoms with Gasteiger partial charge in [-0.2, -0.15) is 9.61 Å². The van der Waals surface area contributed by atoms with Gasteiger partial charge in [0.25, 0.3) is 0 Å². The molecule has 0 radical (unpaired) electrons. The maximum atomic E-state index is 5.39. The third-order valence-electron chi connectivity index (χ3n) is 3.94. The summed E-state index contributed by atoms with van der Waals surface area (Å²) in [7, 11) is 0. The largest absolute Gasteiger partial charge is 0.382 e. The average Bonchev–Trinajstić information content (AvgIpc) is 2.96. The van der Waals surface area contributed by atoms with Gasteiger partial charge in [0.15, 0.2) is 0 Å². The Kier molecular flexibility index (Phi) is 4.31. The summed E-state index contributed by atoms with van der Waals surface area (Å²) in [5.74, 6) is 0. The van der Waals surface area contributed by atoms with Crippen molar-refractivity contribution < 1.29 is 4.74 Å². The fourth-order valence-corrected chi connectivity index (χ4v) is 2.70.